The summed E-state index contributed by atoms with van der Waals surface area (Å²) >= 11 is 22.3. The number of aromatic nitrogens is 8. The van der Waals surface area contributed by atoms with Crippen LogP contribution in [0, 0.1) is 0 Å². The third kappa shape index (κ3) is 13.4. The van der Waals surface area contributed by atoms with E-state index in [1.54, 1.807) is 12.5 Å². The van der Waals surface area contributed by atoms with Gasteiger partial charge in [-0.05, 0) is 24.3 Å². The minimum Gasteiger partial charge on any atom is -0.387 e. The van der Waals surface area contributed by atoms with Gasteiger partial charge in [0, 0.05) is 0 Å². The van der Waals surface area contributed by atoms with Gasteiger partial charge in [0.2, 0.25) is 0 Å². The van der Waals surface area contributed by atoms with E-state index >= 15 is 0 Å². The van der Waals surface area contributed by atoms with Gasteiger partial charge in [0.15, 0.2) is 45.7 Å². The molecule has 0 saturated carbocycles. The van der Waals surface area contributed by atoms with Crippen molar-refractivity contribution in [3.8, 4) is 0 Å². The molecule has 63 heavy (non-hydrogen) atoms. The number of aliphatic hydroxyl groups excluding tert-OH is 4. The first-order valence-corrected chi connectivity index (χ1v) is 27.5. The van der Waals surface area contributed by atoms with Crippen LogP contribution >= 0.6 is 87.7 Å². The number of rotatable bonds is 16. The van der Waals surface area contributed by atoms with E-state index in [-0.39, 0.29) is 163 Å². The fraction of sp³-hybridized carbons (Fsp3) is 0.565. The quantitative estimate of drug-likeness (QED) is 0.0124. The van der Waals surface area contributed by atoms with E-state index in [0.29, 0.717) is 0 Å². The number of nitrogen functional groups attached to an aromatic ring is 2. The number of fused-ring (bicyclic) bond motifs is 2. The summed E-state index contributed by atoms with van der Waals surface area (Å²) in [4.78, 5) is 56.7. The zero-order valence-electron chi connectivity index (χ0n) is 33.4. The molecule has 40 heteroatoms. The van der Waals surface area contributed by atoms with Crippen molar-refractivity contribution in [2.24, 2.45) is 0 Å². The Morgan fingerprint density at radius 1 is 0.746 bits per heavy atom. The molecule has 4 aromatic rings. The maximum absolute atomic E-state index is 13.2. The van der Waals surface area contributed by atoms with Gasteiger partial charge < -0.3 is 60.6 Å². The number of hydrogen-bond acceptors (Lipinski definition) is 24. The van der Waals surface area contributed by atoms with Crippen LogP contribution in [0.4, 0.5) is 11.6 Å². The van der Waals surface area contributed by atoms with Crippen LogP contribution in [0.1, 0.15) is 12.5 Å². The van der Waals surface area contributed by atoms with Gasteiger partial charge >= 0.3 is 151 Å². The Kier molecular flexibility index (Phi) is 24.0. The number of anilines is 2. The first-order chi connectivity index (χ1) is 27.3. The minimum atomic E-state index is -6.12. The van der Waals surface area contributed by atoms with Gasteiger partial charge in [-0.2, -0.15) is 0 Å². The number of alkyl halides is 2. The largest absolute Gasteiger partial charge is 1.00 e. The second-order valence-corrected chi connectivity index (χ2v) is 26.4. The van der Waals surface area contributed by atoms with Gasteiger partial charge in [0.05, 0.1) is 25.9 Å². The van der Waals surface area contributed by atoms with Gasteiger partial charge in [0.25, 0.3) is 0 Å². The van der Waals surface area contributed by atoms with Gasteiger partial charge in [-0.3, -0.25) is 22.8 Å². The molecule has 0 spiro atoms. The molecule has 4 unspecified atom stereocenters. The van der Waals surface area contributed by atoms with E-state index in [2.05, 4.69) is 50.8 Å². The van der Waals surface area contributed by atoms with Gasteiger partial charge in [-0.1, -0.05) is 59.0 Å². The Hall–Kier alpha value is 3.15. The Labute approximate surface area is 473 Å². The van der Waals surface area contributed by atoms with Gasteiger partial charge in [-0.25, -0.2) is 43.1 Å². The molecule has 2 fully saturated rings. The first-order valence-electron chi connectivity index (χ1n) is 15.9. The summed E-state index contributed by atoms with van der Waals surface area (Å²) in [6, 6.07) is 0. The monoisotopic (exact) mass is 1120 g/mol. The van der Waals surface area contributed by atoms with Crippen molar-refractivity contribution in [3.63, 3.8) is 0 Å². The molecule has 6 rings (SSSR count). The van der Waals surface area contributed by atoms with Crippen molar-refractivity contribution in [1.82, 2.24) is 39.0 Å². The number of halogens is 2. The zero-order valence-corrected chi connectivity index (χ0v) is 49.9. The maximum Gasteiger partial charge on any atom is 1.00 e. The average molecular weight is 1120 g/mol. The molecule has 26 nitrogen and oxygen atoms in total. The molecule has 4 aromatic heterocycles. The predicted octanol–water partition coefficient (Wildman–Crippen LogP) is -10.7. The van der Waals surface area contributed by atoms with Crippen molar-refractivity contribution in [2.75, 3.05) is 37.2 Å². The van der Waals surface area contributed by atoms with Gasteiger partial charge in [0.1, 0.15) is 47.7 Å². The molecule has 0 radical (unpaired) electrons. The van der Waals surface area contributed by atoms with E-state index in [0.717, 1.165) is 23.5 Å². The summed E-state index contributed by atoms with van der Waals surface area (Å²) < 4.78 is 68.5. The molecule has 0 amide bonds. The maximum atomic E-state index is 13.2. The number of aliphatic hydroxyl groups is 4. The number of thiol groups is 1. The number of nitrogens with zero attached hydrogens (tertiary/aromatic N) is 8. The molecule has 0 aliphatic carbocycles. The Bertz CT molecular complexity index is 2300. The van der Waals surface area contributed by atoms with E-state index in [4.69, 9.17) is 65.0 Å². The van der Waals surface area contributed by atoms with E-state index < -0.39 is 94.8 Å². The molecule has 0 aromatic carbocycles. The molecular formula is C23H32Cl2N10Na4O16P4S4+4. The molecule has 12 atom stereocenters. The molecule has 11 N–H and O–H groups in total. The minimum absolute atomic E-state index is 0. The molecule has 0 bridgehead atoms. The Morgan fingerprint density at radius 3 is 1.52 bits per heavy atom. The van der Waals surface area contributed by atoms with Crippen LogP contribution in [0.25, 0.3) is 22.3 Å². The summed E-state index contributed by atoms with van der Waals surface area (Å²) in [5, 5.41) is 43.3. The van der Waals surface area contributed by atoms with Crippen molar-refractivity contribution in [1.29, 1.82) is 0 Å². The second kappa shape index (κ2) is 24.2. The Balaban J connectivity index is 0.00000341. The average Bonchev–Trinajstić information content (AvgIpc) is 3.90. The number of nitrogens with two attached hydrogens (primary N) is 2. The summed E-state index contributed by atoms with van der Waals surface area (Å²) in [5.41, 5.74) is 12.4. The molecule has 6 heterocycles. The van der Waals surface area contributed by atoms with Crippen LogP contribution in [-0.2, 0) is 52.6 Å². The number of ether oxygens (including phenoxy) is 2. The molecular weight excluding hydrogens is 1090 g/mol. The molecule has 2 saturated heterocycles. The number of imidazole rings is 2. The summed E-state index contributed by atoms with van der Waals surface area (Å²) in [7, 11) is -12.2. The predicted molar refractivity (Wildman–Crippen MR) is 216 cm³/mol. The number of hydrogen-bond donors (Lipinski definition) is 10. The summed E-state index contributed by atoms with van der Waals surface area (Å²) in [6.45, 7) is -12.1. The van der Waals surface area contributed by atoms with Crippen molar-refractivity contribution in [2.45, 2.75) is 63.2 Å². The van der Waals surface area contributed by atoms with E-state index in [1.165, 1.54) is 21.8 Å². The third-order valence-electron chi connectivity index (χ3n) is 8.36. The SMILES string of the molecule is CSc1nc(N)c2ncn([C@@H]3O[C@H](COP(=O)(S)OP(=O)(O)C(Cl)(Cl)P(=O)(O)OP(O)(=S)OC[C@H]4O[C@@H](n5cnc6c(N)nc(SC)nc65)[C@H](O)[C@@H]4O)[C@@H](O)[C@H]3O)c2n1.[Na+].[Na+].[Na+].[Na+]. The van der Waals surface area contributed by atoms with Gasteiger partial charge in [-0.15, -0.1) is 0 Å². The standard InChI is InChI=1S/C23H32Cl2N10O16P4S4.4Na/c1-58-21-30-15(26)9-17(32-21)34(5-28-9)19-13(38)11(36)7(48-19)3-46-54(44,56)50-52(40,41)23(24,25)53(42,43)51-55(45,57)47-4-8-12(37)14(39)20(49-8)35-6-29-10-16(27)31-22(59-2)33-18(10)35;;;;/h5-8,11-14,19-20,36-39H,3-4H2,1-2H3,(H,40,41)(H,42,43)(H,44,56)(H,45,57)(H2,26,30,32)(H2,27,31,33);;;;/q;4*+1/t7-,8-,11-,12-,13-,14-,19-,20-,54?,55?;;;;/m1..../s1. The summed E-state index contributed by atoms with van der Waals surface area (Å²) in [5.74, 6) is 0.0462. The van der Waals surface area contributed by atoms with Crippen LogP contribution < -0.4 is 130 Å². The van der Waals surface area contributed by atoms with Crippen LogP contribution in [-0.4, -0.2) is 140 Å². The summed E-state index contributed by atoms with van der Waals surface area (Å²) in [6.07, 6.45) is -6.79. The Morgan fingerprint density at radius 2 is 1.13 bits per heavy atom. The van der Waals surface area contributed by atoms with Crippen LogP contribution in [0.15, 0.2) is 23.0 Å². The molecule has 2 aliphatic rings. The van der Waals surface area contributed by atoms with E-state index in [9.17, 15) is 48.8 Å². The van der Waals surface area contributed by atoms with Crippen molar-refractivity contribution < 1.29 is 194 Å². The zero-order chi connectivity index (χ0) is 43.6. The smallest absolute Gasteiger partial charge is 0.387 e. The van der Waals surface area contributed by atoms with Crippen molar-refractivity contribution in [3.05, 3.63) is 12.7 Å². The third-order valence-corrected chi connectivity index (χ3v) is 21.2. The molecule has 328 valence electrons. The fourth-order valence-corrected chi connectivity index (χ4v) is 15.4. The fourth-order valence-electron chi connectivity index (χ4n) is 5.50. The number of thioether (sulfide) groups is 2. The van der Waals surface area contributed by atoms with E-state index in [1.807, 2.05) is 0 Å². The van der Waals surface area contributed by atoms with Crippen LogP contribution in [0.5, 0.6) is 0 Å². The van der Waals surface area contributed by atoms with Crippen LogP contribution in [0.3, 0.4) is 0 Å². The van der Waals surface area contributed by atoms with Crippen LogP contribution in [0.2, 0.25) is 0 Å². The topological polar surface area (TPSA) is 387 Å². The normalized spacial score (nSPS) is 27.5. The van der Waals surface area contributed by atoms with Crippen molar-refractivity contribution >= 4 is 133 Å². The second-order valence-electron chi connectivity index (χ2n) is 12.2. The first kappa shape index (κ1) is 62.3. The molecule has 2 aliphatic heterocycles.